The number of halogens is 1. The molecule has 1 aliphatic rings. The maximum atomic E-state index is 12.3. The van der Waals surface area contributed by atoms with Crippen LogP contribution in [0, 0.1) is 0 Å². The molecule has 1 fully saturated rings. The number of hydrogen-bond acceptors (Lipinski definition) is 4. The number of carbonyl (C=O) groups is 1. The maximum Gasteiger partial charge on any atom is 0.251 e. The molecule has 3 rings (SSSR count). The maximum absolute atomic E-state index is 12.3. The van der Waals surface area contributed by atoms with Crippen molar-refractivity contribution in [3.8, 4) is 0 Å². The van der Waals surface area contributed by atoms with Crippen LogP contribution >= 0.6 is 12.4 Å². The lowest BCUT2D eigenvalue weighted by molar-refractivity contribution is 0.0950. The Morgan fingerprint density at radius 1 is 0.963 bits per heavy atom. The molecule has 0 unspecified atom stereocenters. The van der Waals surface area contributed by atoms with Crippen LogP contribution in [0.4, 0.5) is 5.69 Å². The molecule has 6 heteroatoms. The van der Waals surface area contributed by atoms with Gasteiger partial charge in [-0.05, 0) is 41.9 Å². The molecule has 27 heavy (non-hydrogen) atoms. The normalized spacial score (nSPS) is 15.1. The molecule has 2 aromatic carbocycles. The van der Waals surface area contributed by atoms with Crippen LogP contribution in [0.25, 0.3) is 0 Å². The van der Waals surface area contributed by atoms with Crippen LogP contribution in [0.2, 0.25) is 0 Å². The average molecular weight is 389 g/mol. The quantitative estimate of drug-likeness (QED) is 0.747. The minimum atomic E-state index is -0.0728. The van der Waals surface area contributed by atoms with Crippen molar-refractivity contribution in [3.63, 3.8) is 0 Å². The van der Waals surface area contributed by atoms with Gasteiger partial charge >= 0.3 is 0 Å². The molecule has 146 valence electrons. The van der Waals surface area contributed by atoms with Crippen molar-refractivity contribution in [2.45, 2.75) is 20.0 Å². The van der Waals surface area contributed by atoms with Crippen LogP contribution in [-0.4, -0.2) is 48.4 Å². The van der Waals surface area contributed by atoms with Crippen LogP contribution in [0.15, 0.2) is 48.5 Å². The molecule has 1 heterocycles. The van der Waals surface area contributed by atoms with Gasteiger partial charge in [0, 0.05) is 50.5 Å². The van der Waals surface area contributed by atoms with E-state index in [4.69, 9.17) is 5.73 Å². The molecule has 1 saturated heterocycles. The molecule has 0 spiro atoms. The first-order valence-electron chi connectivity index (χ1n) is 9.31. The third-order valence-electron chi connectivity index (χ3n) is 5.04. The fourth-order valence-corrected chi connectivity index (χ4v) is 3.30. The van der Waals surface area contributed by atoms with Crippen molar-refractivity contribution in [1.29, 1.82) is 0 Å². The molecular weight excluding hydrogens is 360 g/mol. The van der Waals surface area contributed by atoms with Gasteiger partial charge in [-0.1, -0.05) is 31.2 Å². The number of nitrogen functional groups attached to an aromatic ring is 1. The number of amides is 1. The van der Waals surface area contributed by atoms with Crippen molar-refractivity contribution in [1.82, 2.24) is 15.1 Å². The van der Waals surface area contributed by atoms with E-state index in [0.717, 1.165) is 39.3 Å². The third-order valence-corrected chi connectivity index (χ3v) is 5.04. The largest absolute Gasteiger partial charge is 0.399 e. The first-order valence-corrected chi connectivity index (χ1v) is 9.31. The number of nitrogens with zero attached hydrogens (tertiary/aromatic N) is 2. The molecule has 1 amide bonds. The van der Waals surface area contributed by atoms with Crippen LogP contribution in [0.1, 0.15) is 28.4 Å². The zero-order chi connectivity index (χ0) is 18.4. The molecule has 2 aromatic rings. The minimum absolute atomic E-state index is 0. The van der Waals surface area contributed by atoms with Gasteiger partial charge in [0.2, 0.25) is 0 Å². The van der Waals surface area contributed by atoms with Crippen molar-refractivity contribution in [3.05, 3.63) is 65.2 Å². The number of likely N-dealkylation sites (N-methyl/N-ethyl adjacent to an activating group) is 1. The predicted octanol–water partition coefficient (Wildman–Crippen LogP) is 2.76. The van der Waals surface area contributed by atoms with Crippen LogP contribution < -0.4 is 11.1 Å². The summed E-state index contributed by atoms with van der Waals surface area (Å²) in [4.78, 5) is 17.3. The van der Waals surface area contributed by atoms with Gasteiger partial charge in [0.1, 0.15) is 0 Å². The molecule has 0 aromatic heterocycles. The topological polar surface area (TPSA) is 61.6 Å². The second kappa shape index (κ2) is 10.3. The van der Waals surface area contributed by atoms with Crippen molar-refractivity contribution in [2.24, 2.45) is 0 Å². The summed E-state index contributed by atoms with van der Waals surface area (Å²) < 4.78 is 0. The molecule has 1 aliphatic heterocycles. The summed E-state index contributed by atoms with van der Waals surface area (Å²) in [5, 5.41) is 3.02. The van der Waals surface area contributed by atoms with Crippen LogP contribution in [0.3, 0.4) is 0 Å². The highest BCUT2D eigenvalue weighted by atomic mass is 35.5. The van der Waals surface area contributed by atoms with Gasteiger partial charge in [0.05, 0.1) is 0 Å². The monoisotopic (exact) mass is 388 g/mol. The lowest BCUT2D eigenvalue weighted by Crippen LogP contribution is -2.45. The first-order chi connectivity index (χ1) is 12.7. The number of benzene rings is 2. The Labute approximate surface area is 167 Å². The molecule has 0 aliphatic carbocycles. The number of rotatable bonds is 6. The standard InChI is InChI=1S/C21H28N4O.ClH/c1-2-24-11-13-25(14-12-24)16-19-6-4-3-5-18(19)15-23-21(26)17-7-9-20(22)10-8-17;/h3-10H,2,11-16,22H2,1H3,(H,23,26);1H. The van der Waals surface area contributed by atoms with E-state index in [0.29, 0.717) is 17.8 Å². The van der Waals surface area contributed by atoms with E-state index in [-0.39, 0.29) is 18.3 Å². The number of anilines is 1. The zero-order valence-electron chi connectivity index (χ0n) is 15.9. The van der Waals surface area contributed by atoms with Gasteiger partial charge in [-0.2, -0.15) is 0 Å². The number of nitrogens with two attached hydrogens (primary N) is 1. The highest BCUT2D eigenvalue weighted by Crippen LogP contribution is 2.14. The molecule has 0 saturated carbocycles. The highest BCUT2D eigenvalue weighted by Gasteiger charge is 2.16. The van der Waals surface area contributed by atoms with E-state index in [1.807, 2.05) is 6.07 Å². The Bertz CT molecular complexity index is 727. The average Bonchev–Trinajstić information content (AvgIpc) is 2.68. The fraction of sp³-hybridized carbons (Fsp3) is 0.381. The predicted molar refractivity (Wildman–Crippen MR) is 113 cm³/mol. The molecule has 5 nitrogen and oxygen atoms in total. The molecule has 0 bridgehead atoms. The Morgan fingerprint density at radius 2 is 1.56 bits per heavy atom. The Balaban J connectivity index is 0.00000261. The van der Waals surface area contributed by atoms with Gasteiger partial charge in [-0.3, -0.25) is 9.69 Å². The summed E-state index contributed by atoms with van der Waals surface area (Å²) in [5.41, 5.74) is 9.43. The van der Waals surface area contributed by atoms with E-state index >= 15 is 0 Å². The minimum Gasteiger partial charge on any atom is -0.399 e. The summed E-state index contributed by atoms with van der Waals surface area (Å²) in [5.74, 6) is -0.0728. The smallest absolute Gasteiger partial charge is 0.251 e. The summed E-state index contributed by atoms with van der Waals surface area (Å²) in [6.45, 7) is 9.27. The molecular formula is C21H29ClN4O. The van der Waals surface area contributed by atoms with Gasteiger partial charge in [-0.15, -0.1) is 12.4 Å². The van der Waals surface area contributed by atoms with E-state index < -0.39 is 0 Å². The Morgan fingerprint density at radius 3 is 2.19 bits per heavy atom. The number of hydrogen-bond donors (Lipinski definition) is 2. The lowest BCUT2D eigenvalue weighted by atomic mass is 10.1. The van der Waals surface area contributed by atoms with E-state index in [9.17, 15) is 4.79 Å². The van der Waals surface area contributed by atoms with Gasteiger partial charge in [0.15, 0.2) is 0 Å². The summed E-state index contributed by atoms with van der Waals surface area (Å²) in [7, 11) is 0. The number of nitrogens with one attached hydrogen (secondary N) is 1. The molecule has 3 N–H and O–H groups in total. The number of piperazine rings is 1. The second-order valence-electron chi connectivity index (χ2n) is 6.78. The van der Waals surface area contributed by atoms with Gasteiger partial charge in [0.25, 0.3) is 5.91 Å². The Hall–Kier alpha value is -2.08. The van der Waals surface area contributed by atoms with Crippen molar-refractivity contribution >= 4 is 24.0 Å². The second-order valence-corrected chi connectivity index (χ2v) is 6.78. The summed E-state index contributed by atoms with van der Waals surface area (Å²) in [6, 6.07) is 15.4. The lowest BCUT2D eigenvalue weighted by Gasteiger charge is -2.34. The number of carbonyl (C=O) groups excluding carboxylic acids is 1. The molecule has 0 atom stereocenters. The van der Waals surface area contributed by atoms with Gasteiger partial charge in [-0.25, -0.2) is 0 Å². The van der Waals surface area contributed by atoms with E-state index in [2.05, 4.69) is 40.2 Å². The van der Waals surface area contributed by atoms with E-state index in [1.54, 1.807) is 24.3 Å². The fourth-order valence-electron chi connectivity index (χ4n) is 3.30. The van der Waals surface area contributed by atoms with Crippen LogP contribution in [-0.2, 0) is 13.1 Å². The van der Waals surface area contributed by atoms with Crippen molar-refractivity contribution in [2.75, 3.05) is 38.5 Å². The third kappa shape index (κ3) is 5.96. The highest BCUT2D eigenvalue weighted by molar-refractivity contribution is 5.94. The SMILES string of the molecule is CCN1CCN(Cc2ccccc2CNC(=O)c2ccc(N)cc2)CC1.Cl. The Kier molecular flexibility index (Phi) is 8.10. The van der Waals surface area contributed by atoms with Crippen molar-refractivity contribution < 1.29 is 4.79 Å². The summed E-state index contributed by atoms with van der Waals surface area (Å²) >= 11 is 0. The summed E-state index contributed by atoms with van der Waals surface area (Å²) in [6.07, 6.45) is 0. The van der Waals surface area contributed by atoms with Gasteiger partial charge < -0.3 is 16.0 Å². The molecule has 0 radical (unpaired) electrons. The zero-order valence-corrected chi connectivity index (χ0v) is 16.7. The van der Waals surface area contributed by atoms with E-state index in [1.165, 1.54) is 11.1 Å². The van der Waals surface area contributed by atoms with Crippen LogP contribution in [0.5, 0.6) is 0 Å². The first kappa shape index (κ1) is 21.2.